The molecule has 0 saturated carbocycles. The average Bonchev–Trinajstić information content (AvgIpc) is 3.02. The molecule has 30 heavy (non-hydrogen) atoms. The maximum absolute atomic E-state index is 12.2. The van der Waals surface area contributed by atoms with Crippen LogP contribution in [0.25, 0.3) is 10.9 Å². The Balaban J connectivity index is 1.61. The molecule has 154 valence electrons. The lowest BCUT2D eigenvalue weighted by Gasteiger charge is -2.22. The van der Waals surface area contributed by atoms with Crippen molar-refractivity contribution in [2.75, 3.05) is 6.54 Å². The Morgan fingerprint density at radius 3 is 2.63 bits per heavy atom. The molecule has 3 N–H and O–H groups in total. The maximum atomic E-state index is 12.2. The molecule has 0 aliphatic heterocycles. The number of hydrogen-bond donors (Lipinski definition) is 3. The van der Waals surface area contributed by atoms with Crippen molar-refractivity contribution in [3.8, 4) is 0 Å². The van der Waals surface area contributed by atoms with E-state index in [4.69, 9.17) is 0 Å². The van der Waals surface area contributed by atoms with E-state index in [1.165, 1.54) is 34.7 Å². The van der Waals surface area contributed by atoms with Crippen molar-refractivity contribution in [1.82, 2.24) is 4.98 Å². The Bertz CT molecular complexity index is 1150. The van der Waals surface area contributed by atoms with Crippen LogP contribution in [0.2, 0.25) is 0 Å². The van der Waals surface area contributed by atoms with E-state index in [2.05, 4.69) is 54.2 Å². The normalized spacial score (nSPS) is 18.4. The monoisotopic (exact) mass is 401 g/mol. The van der Waals surface area contributed by atoms with Gasteiger partial charge in [0.15, 0.2) is 11.5 Å². The zero-order chi connectivity index (χ0) is 21.3. The van der Waals surface area contributed by atoms with E-state index in [0.29, 0.717) is 18.5 Å². The minimum Gasteiger partial charge on any atom is -0.511 e. The van der Waals surface area contributed by atoms with Crippen molar-refractivity contribution >= 4 is 22.4 Å². The molecule has 4 heteroatoms. The number of carbonyl (C=O) groups excluding carboxylic acids is 1. The minimum atomic E-state index is -0.0830. The van der Waals surface area contributed by atoms with Crippen LogP contribution in [-0.2, 0) is 11.2 Å². The Kier molecular flexibility index (Phi) is 5.58. The third-order valence-corrected chi connectivity index (χ3v) is 6.09. The fourth-order valence-corrected chi connectivity index (χ4v) is 4.62. The number of benzene rings is 2. The van der Waals surface area contributed by atoms with Crippen molar-refractivity contribution in [2.45, 2.75) is 46.0 Å². The Morgan fingerprint density at radius 1 is 1.13 bits per heavy atom. The lowest BCUT2D eigenvalue weighted by atomic mass is 9.81. The van der Waals surface area contributed by atoms with Gasteiger partial charge in [-0.2, -0.15) is 0 Å². The van der Waals surface area contributed by atoms with Crippen LogP contribution < -0.4 is 4.99 Å². The van der Waals surface area contributed by atoms with Crippen molar-refractivity contribution in [3.63, 3.8) is 0 Å². The molecule has 0 saturated heterocycles. The number of rotatable bonds is 5. The summed E-state index contributed by atoms with van der Waals surface area (Å²) in [6.45, 7) is 6.46. The summed E-state index contributed by atoms with van der Waals surface area (Å²) in [5.74, 6) is 0.290. The van der Waals surface area contributed by atoms with E-state index in [1.807, 2.05) is 18.2 Å². The minimum absolute atomic E-state index is 0.0830. The number of aliphatic hydroxyl groups excluding tert-OH is 1. The number of aliphatic hydroxyl groups is 1. The highest BCUT2D eigenvalue weighted by atomic mass is 16.3. The summed E-state index contributed by atoms with van der Waals surface area (Å²) in [5.41, 5.74) is 7.39. The summed E-state index contributed by atoms with van der Waals surface area (Å²) >= 11 is 0. The molecule has 1 aliphatic carbocycles. The molecule has 1 aliphatic rings. The van der Waals surface area contributed by atoms with E-state index in [9.17, 15) is 9.90 Å². The molecule has 0 amide bonds. The van der Waals surface area contributed by atoms with Gasteiger partial charge in [-0.15, -0.1) is 0 Å². The number of aromatic amines is 1. The second-order valence-corrected chi connectivity index (χ2v) is 8.33. The van der Waals surface area contributed by atoms with Crippen molar-refractivity contribution in [3.05, 3.63) is 82.2 Å². The van der Waals surface area contributed by atoms with Gasteiger partial charge in [0.1, 0.15) is 17.9 Å². The van der Waals surface area contributed by atoms with Gasteiger partial charge in [-0.1, -0.05) is 42.0 Å². The Labute approximate surface area is 177 Å². The van der Waals surface area contributed by atoms with Gasteiger partial charge in [-0.25, -0.2) is 4.99 Å². The van der Waals surface area contributed by atoms with Crippen LogP contribution >= 0.6 is 0 Å². The Hall–Kier alpha value is -3.14. The summed E-state index contributed by atoms with van der Waals surface area (Å²) in [4.78, 5) is 19.2. The fraction of sp³-hybridized carbons (Fsp3) is 0.308. The highest BCUT2D eigenvalue weighted by Crippen LogP contribution is 2.33. The van der Waals surface area contributed by atoms with Crippen LogP contribution in [0, 0.1) is 13.8 Å². The molecule has 2 aromatic carbocycles. The summed E-state index contributed by atoms with van der Waals surface area (Å²) in [7, 11) is 0. The van der Waals surface area contributed by atoms with Gasteiger partial charge in [0.2, 0.25) is 0 Å². The van der Waals surface area contributed by atoms with E-state index < -0.39 is 0 Å². The number of nitrogens with one attached hydrogen (secondary N) is 2. The first-order valence-corrected chi connectivity index (χ1v) is 10.6. The van der Waals surface area contributed by atoms with Gasteiger partial charge in [0.25, 0.3) is 0 Å². The van der Waals surface area contributed by atoms with Gasteiger partial charge >= 0.3 is 0 Å². The molecule has 0 spiro atoms. The highest BCUT2D eigenvalue weighted by molar-refractivity contribution is 6.20. The summed E-state index contributed by atoms with van der Waals surface area (Å²) in [6, 6.07) is 16.7. The van der Waals surface area contributed by atoms with Crippen LogP contribution in [-0.4, -0.2) is 28.1 Å². The summed E-state index contributed by atoms with van der Waals surface area (Å²) in [5, 5.41) is 11.9. The summed E-state index contributed by atoms with van der Waals surface area (Å²) < 4.78 is 0. The smallest absolute Gasteiger partial charge is 0.189 e. The van der Waals surface area contributed by atoms with Crippen LogP contribution in [0.3, 0.4) is 0 Å². The van der Waals surface area contributed by atoms with Crippen LogP contribution in [0.4, 0.5) is 0 Å². The number of ketones is 1. The molecule has 0 fully saturated rings. The molecule has 4 nitrogen and oxygen atoms in total. The number of carbonyl (C=O) groups is 1. The fourth-order valence-electron chi connectivity index (χ4n) is 4.62. The van der Waals surface area contributed by atoms with Crippen LogP contribution in [0.15, 0.2) is 59.9 Å². The van der Waals surface area contributed by atoms with Crippen molar-refractivity contribution in [1.29, 1.82) is 0 Å². The lowest BCUT2D eigenvalue weighted by Crippen LogP contribution is -2.75. The van der Waals surface area contributed by atoms with Gasteiger partial charge in [-0.3, -0.25) is 4.79 Å². The SMILES string of the molecule is CC(=O)C1=C(O)C[C@@H](c2ccccc2)CC1=[NH+]CCc1c(C)[nH]c2ccc(C)cc12. The van der Waals surface area contributed by atoms with E-state index in [1.54, 1.807) is 0 Å². The van der Waals surface area contributed by atoms with Crippen LogP contribution in [0.1, 0.15) is 48.1 Å². The molecule has 1 heterocycles. The van der Waals surface area contributed by atoms with E-state index >= 15 is 0 Å². The molecule has 3 aromatic rings. The number of hydrogen-bond acceptors (Lipinski definition) is 2. The first-order valence-electron chi connectivity index (χ1n) is 10.6. The predicted octanol–water partition coefficient (Wildman–Crippen LogP) is 3.83. The van der Waals surface area contributed by atoms with Gasteiger partial charge in [-0.05, 0) is 44.0 Å². The second kappa shape index (κ2) is 8.31. The largest absolute Gasteiger partial charge is 0.511 e. The van der Waals surface area contributed by atoms with E-state index in [0.717, 1.165) is 24.1 Å². The molecule has 0 unspecified atom stereocenters. The van der Waals surface area contributed by atoms with Gasteiger partial charge in [0.05, 0.1) is 0 Å². The number of allylic oxidation sites excluding steroid dienone is 2. The maximum Gasteiger partial charge on any atom is 0.189 e. The van der Waals surface area contributed by atoms with Crippen molar-refractivity contribution < 1.29 is 14.9 Å². The second-order valence-electron chi connectivity index (χ2n) is 8.33. The van der Waals surface area contributed by atoms with Gasteiger partial charge < -0.3 is 10.1 Å². The van der Waals surface area contributed by atoms with Crippen LogP contribution in [0.5, 0.6) is 0 Å². The topological polar surface area (TPSA) is 67.1 Å². The van der Waals surface area contributed by atoms with Gasteiger partial charge in [0, 0.05) is 41.8 Å². The number of fused-ring (bicyclic) bond motifs is 1. The molecule has 0 bridgehead atoms. The average molecular weight is 402 g/mol. The first-order chi connectivity index (χ1) is 14.4. The standard InChI is InChI=1S/C26H28N2O2/c1-16-9-10-23-22(13-16)21(17(2)28-23)11-12-27-24-14-20(19-7-5-4-6-8-19)15-25(30)26(24)18(3)29/h4-10,13,20,28,30H,11-12,14-15H2,1-3H3/p+1/t20-/m0/s1. The number of H-pyrrole nitrogens is 1. The quantitative estimate of drug-likeness (QED) is 0.608. The molecule has 4 rings (SSSR count). The highest BCUT2D eigenvalue weighted by Gasteiger charge is 2.32. The summed E-state index contributed by atoms with van der Waals surface area (Å²) in [6.07, 6.45) is 2.08. The van der Waals surface area contributed by atoms with E-state index in [-0.39, 0.29) is 17.5 Å². The third-order valence-electron chi connectivity index (χ3n) is 6.09. The zero-order valence-corrected chi connectivity index (χ0v) is 17.9. The Morgan fingerprint density at radius 2 is 1.90 bits per heavy atom. The third kappa shape index (κ3) is 3.95. The number of aryl methyl sites for hydroxylation is 2. The predicted molar refractivity (Wildman–Crippen MR) is 121 cm³/mol. The number of aromatic nitrogens is 1. The molecule has 0 radical (unpaired) electrons. The van der Waals surface area contributed by atoms with Crippen molar-refractivity contribution in [2.24, 2.45) is 0 Å². The number of Topliss-reactive ketones (excluding diaryl/α,β-unsaturated/α-hetero) is 1. The first kappa shape index (κ1) is 20.1. The molecule has 1 atom stereocenters. The zero-order valence-electron chi connectivity index (χ0n) is 17.9. The molecular weight excluding hydrogens is 372 g/mol. The lowest BCUT2D eigenvalue weighted by molar-refractivity contribution is -0.457. The molecule has 1 aromatic heterocycles. The molecular formula is C26H29N2O2+.